The van der Waals surface area contributed by atoms with E-state index in [1.54, 1.807) is 0 Å². The molecule has 0 spiro atoms. The molecule has 1 aliphatic heterocycles. The summed E-state index contributed by atoms with van der Waals surface area (Å²) in [5, 5.41) is 2.53. The molecule has 1 atom stereocenters. The fraction of sp³-hybridized carbons (Fsp3) is 0.875. The summed E-state index contributed by atoms with van der Waals surface area (Å²) in [5.74, 6) is -0.332. The van der Waals surface area contributed by atoms with E-state index in [2.05, 4.69) is 10.0 Å². The molecule has 0 saturated carbocycles. The van der Waals surface area contributed by atoms with Crippen molar-refractivity contribution in [1.82, 2.24) is 10.0 Å². The molecule has 1 heterocycles. The van der Waals surface area contributed by atoms with E-state index in [4.69, 9.17) is 4.74 Å². The summed E-state index contributed by atoms with van der Waals surface area (Å²) in [7, 11) is -1.90. The molecule has 0 radical (unpaired) electrons. The smallest absolute Gasteiger partial charge is 0.249 e. The average Bonchev–Trinajstić information content (AvgIpc) is 2.70. The highest BCUT2D eigenvalue weighted by atomic mass is 32.2. The number of ether oxygens (including phenoxy) is 1. The monoisotopic (exact) mass is 236 g/mol. The summed E-state index contributed by atoms with van der Waals surface area (Å²) in [5.41, 5.74) is 0. The molecule has 15 heavy (non-hydrogen) atoms. The first kappa shape index (κ1) is 12.4. The number of sulfonamides is 1. The molecule has 88 valence electrons. The second-order valence-electron chi connectivity index (χ2n) is 3.32. The zero-order valence-corrected chi connectivity index (χ0v) is 9.47. The van der Waals surface area contributed by atoms with Gasteiger partial charge < -0.3 is 10.1 Å². The van der Waals surface area contributed by atoms with Crippen molar-refractivity contribution in [2.24, 2.45) is 0 Å². The predicted octanol–water partition coefficient (Wildman–Crippen LogP) is -1.17. The first-order valence-corrected chi connectivity index (χ1v) is 6.51. The van der Waals surface area contributed by atoms with Crippen LogP contribution >= 0.6 is 0 Å². The van der Waals surface area contributed by atoms with E-state index in [0.717, 1.165) is 6.42 Å². The number of carbonyl (C=O) groups is 1. The topological polar surface area (TPSA) is 84.5 Å². The van der Waals surface area contributed by atoms with Crippen LogP contribution in [0.1, 0.15) is 12.8 Å². The largest absolute Gasteiger partial charge is 0.368 e. The fourth-order valence-corrected chi connectivity index (χ4v) is 1.88. The zero-order valence-electron chi connectivity index (χ0n) is 8.65. The molecule has 1 unspecified atom stereocenters. The first-order chi connectivity index (χ1) is 7.05. The van der Waals surface area contributed by atoms with Gasteiger partial charge in [0.05, 0.1) is 5.75 Å². The third-order valence-electron chi connectivity index (χ3n) is 2.20. The van der Waals surface area contributed by atoms with Gasteiger partial charge in [0.25, 0.3) is 0 Å². The van der Waals surface area contributed by atoms with Crippen LogP contribution in [0.4, 0.5) is 0 Å². The van der Waals surface area contributed by atoms with E-state index in [1.165, 1.54) is 7.05 Å². The maximum atomic E-state index is 11.4. The molecule has 1 saturated heterocycles. The molecule has 1 fully saturated rings. The summed E-state index contributed by atoms with van der Waals surface area (Å²) in [6.45, 7) is 0.717. The molecule has 0 bridgehead atoms. The Kier molecular flexibility index (Phi) is 4.49. The summed E-state index contributed by atoms with van der Waals surface area (Å²) in [6, 6.07) is 0. The van der Waals surface area contributed by atoms with Gasteiger partial charge in [-0.05, 0) is 19.9 Å². The van der Waals surface area contributed by atoms with Gasteiger partial charge in [-0.2, -0.15) is 0 Å². The Balaban J connectivity index is 2.22. The predicted molar refractivity (Wildman–Crippen MR) is 54.8 cm³/mol. The van der Waals surface area contributed by atoms with Crippen LogP contribution in [-0.2, 0) is 19.6 Å². The highest BCUT2D eigenvalue weighted by Gasteiger charge is 2.23. The van der Waals surface area contributed by atoms with Gasteiger partial charge in [0.2, 0.25) is 15.9 Å². The normalized spacial score (nSPS) is 21.5. The van der Waals surface area contributed by atoms with Crippen molar-refractivity contribution in [3.8, 4) is 0 Å². The summed E-state index contributed by atoms with van der Waals surface area (Å²) in [6.07, 6.45) is 1.19. The number of hydrogen-bond acceptors (Lipinski definition) is 4. The Morgan fingerprint density at radius 3 is 2.80 bits per heavy atom. The summed E-state index contributed by atoms with van der Waals surface area (Å²) >= 11 is 0. The van der Waals surface area contributed by atoms with E-state index in [9.17, 15) is 13.2 Å². The van der Waals surface area contributed by atoms with Crippen LogP contribution in [0.15, 0.2) is 0 Å². The van der Waals surface area contributed by atoms with Crippen molar-refractivity contribution in [3.05, 3.63) is 0 Å². The Hall–Kier alpha value is -0.660. The molecule has 0 aromatic heterocycles. The summed E-state index contributed by atoms with van der Waals surface area (Å²) < 4.78 is 29.3. The SMILES string of the molecule is CNS(=O)(=O)CCNC(=O)C1CCCO1. The molecule has 6 nitrogen and oxygen atoms in total. The van der Waals surface area contributed by atoms with Gasteiger partial charge in [-0.3, -0.25) is 4.79 Å². The standard InChI is InChI=1S/C8H16N2O4S/c1-9-15(12,13)6-4-10-8(11)7-3-2-5-14-7/h7,9H,2-6H2,1H3,(H,10,11). The lowest BCUT2D eigenvalue weighted by Gasteiger charge is -2.10. The Morgan fingerprint density at radius 2 is 2.27 bits per heavy atom. The van der Waals surface area contributed by atoms with E-state index >= 15 is 0 Å². The van der Waals surface area contributed by atoms with Crippen LogP contribution in [0.2, 0.25) is 0 Å². The molecule has 7 heteroatoms. The van der Waals surface area contributed by atoms with E-state index in [0.29, 0.717) is 13.0 Å². The van der Waals surface area contributed by atoms with Crippen LogP contribution in [0, 0.1) is 0 Å². The van der Waals surface area contributed by atoms with Crippen molar-refractivity contribution < 1.29 is 17.9 Å². The van der Waals surface area contributed by atoms with Crippen LogP contribution in [-0.4, -0.2) is 46.4 Å². The minimum Gasteiger partial charge on any atom is -0.368 e. The van der Waals surface area contributed by atoms with Gasteiger partial charge >= 0.3 is 0 Å². The van der Waals surface area contributed by atoms with Crippen molar-refractivity contribution >= 4 is 15.9 Å². The Bertz CT molecular complexity index is 309. The van der Waals surface area contributed by atoms with Gasteiger partial charge in [-0.1, -0.05) is 0 Å². The van der Waals surface area contributed by atoms with E-state index in [-0.39, 0.29) is 18.2 Å². The molecule has 2 N–H and O–H groups in total. The van der Waals surface area contributed by atoms with Gasteiger partial charge in [-0.15, -0.1) is 0 Å². The maximum Gasteiger partial charge on any atom is 0.249 e. The summed E-state index contributed by atoms with van der Waals surface area (Å²) in [4.78, 5) is 11.4. The minimum atomic E-state index is -3.24. The second-order valence-corrected chi connectivity index (χ2v) is 5.36. The van der Waals surface area contributed by atoms with Gasteiger partial charge in [-0.25, -0.2) is 13.1 Å². The van der Waals surface area contributed by atoms with Gasteiger partial charge in [0.15, 0.2) is 0 Å². The van der Waals surface area contributed by atoms with Gasteiger partial charge in [0, 0.05) is 13.2 Å². The lowest BCUT2D eigenvalue weighted by Crippen LogP contribution is -2.38. The molecule has 1 aliphatic rings. The molecule has 0 aromatic carbocycles. The number of amides is 1. The van der Waals surface area contributed by atoms with Crippen molar-refractivity contribution in [3.63, 3.8) is 0 Å². The van der Waals surface area contributed by atoms with Crippen molar-refractivity contribution in [1.29, 1.82) is 0 Å². The number of rotatable bonds is 5. The lowest BCUT2D eigenvalue weighted by atomic mass is 10.2. The molecule has 0 aromatic rings. The van der Waals surface area contributed by atoms with Crippen LogP contribution in [0.25, 0.3) is 0 Å². The Morgan fingerprint density at radius 1 is 1.53 bits per heavy atom. The quantitative estimate of drug-likeness (QED) is 0.630. The van der Waals surface area contributed by atoms with Crippen molar-refractivity contribution in [2.75, 3.05) is 26.0 Å². The molecule has 1 rings (SSSR count). The van der Waals surface area contributed by atoms with E-state index in [1.807, 2.05) is 0 Å². The minimum absolute atomic E-state index is 0.109. The first-order valence-electron chi connectivity index (χ1n) is 4.86. The van der Waals surface area contributed by atoms with E-state index < -0.39 is 16.1 Å². The Labute approximate surface area is 89.4 Å². The van der Waals surface area contributed by atoms with Gasteiger partial charge in [0.1, 0.15) is 6.10 Å². The fourth-order valence-electron chi connectivity index (χ4n) is 1.31. The molecular formula is C8H16N2O4S. The third kappa shape index (κ3) is 4.15. The second kappa shape index (κ2) is 5.43. The molecule has 1 amide bonds. The highest BCUT2D eigenvalue weighted by Crippen LogP contribution is 2.11. The van der Waals surface area contributed by atoms with Crippen LogP contribution < -0.4 is 10.0 Å². The van der Waals surface area contributed by atoms with Crippen LogP contribution in [0.3, 0.4) is 0 Å². The zero-order chi connectivity index (χ0) is 11.3. The maximum absolute atomic E-state index is 11.4. The number of hydrogen-bond donors (Lipinski definition) is 2. The lowest BCUT2D eigenvalue weighted by molar-refractivity contribution is -0.129. The third-order valence-corrected chi connectivity index (χ3v) is 3.57. The number of carbonyl (C=O) groups excluding carboxylic acids is 1. The molecule has 0 aliphatic carbocycles. The highest BCUT2D eigenvalue weighted by molar-refractivity contribution is 7.89. The molecular weight excluding hydrogens is 220 g/mol. The number of nitrogens with one attached hydrogen (secondary N) is 2. The average molecular weight is 236 g/mol. The van der Waals surface area contributed by atoms with Crippen LogP contribution in [0.5, 0.6) is 0 Å². The van der Waals surface area contributed by atoms with Crippen molar-refractivity contribution in [2.45, 2.75) is 18.9 Å².